The average Bonchev–Trinajstić information content (AvgIpc) is 2.55. The Morgan fingerprint density at radius 3 is 2.38 bits per heavy atom. The summed E-state index contributed by atoms with van der Waals surface area (Å²) in [6.07, 6.45) is 0. The third-order valence-electron chi connectivity index (χ3n) is 4.59. The van der Waals surface area contributed by atoms with E-state index in [4.69, 9.17) is 5.73 Å². The number of fused-ring (bicyclic) bond motifs is 1. The lowest BCUT2D eigenvalue weighted by Gasteiger charge is -2.35. The Balaban J connectivity index is 1.71. The summed E-state index contributed by atoms with van der Waals surface area (Å²) in [7, 11) is 0. The van der Waals surface area contributed by atoms with E-state index < -0.39 is 0 Å². The molecule has 1 heterocycles. The summed E-state index contributed by atoms with van der Waals surface area (Å²) in [5, 5.41) is 2.57. The first-order valence-corrected chi connectivity index (χ1v) is 7.96. The van der Waals surface area contributed by atoms with Gasteiger partial charge in [-0.3, -0.25) is 4.90 Å². The van der Waals surface area contributed by atoms with Gasteiger partial charge in [0.1, 0.15) is 0 Å². The highest BCUT2D eigenvalue weighted by Crippen LogP contribution is 2.23. The van der Waals surface area contributed by atoms with Crippen LogP contribution >= 0.6 is 0 Å². The van der Waals surface area contributed by atoms with Crippen LogP contribution in [-0.4, -0.2) is 49.1 Å². The fourth-order valence-corrected chi connectivity index (χ4v) is 3.24. The van der Waals surface area contributed by atoms with Crippen LogP contribution in [0.3, 0.4) is 0 Å². The van der Waals surface area contributed by atoms with E-state index in [1.54, 1.807) is 0 Å². The van der Waals surface area contributed by atoms with E-state index in [0.717, 1.165) is 26.2 Å². The molecule has 2 aromatic carbocycles. The minimum atomic E-state index is 0.0873. The molecular weight excluding hydrogens is 258 g/mol. The lowest BCUT2D eigenvalue weighted by atomic mass is 9.99. The van der Waals surface area contributed by atoms with Crippen LogP contribution < -0.4 is 5.73 Å². The zero-order chi connectivity index (χ0) is 14.7. The van der Waals surface area contributed by atoms with E-state index in [9.17, 15) is 0 Å². The SMILES string of the molecule is CCN1CCN(CC(N)c2cccc3ccccc23)CC1. The van der Waals surface area contributed by atoms with Gasteiger partial charge in [-0.2, -0.15) is 0 Å². The molecule has 1 fully saturated rings. The number of hydrogen-bond acceptors (Lipinski definition) is 3. The molecule has 3 heteroatoms. The molecule has 2 aromatic rings. The molecule has 0 aromatic heterocycles. The van der Waals surface area contributed by atoms with Crippen molar-refractivity contribution in [3.05, 3.63) is 48.0 Å². The fraction of sp³-hybridized carbons (Fsp3) is 0.444. The van der Waals surface area contributed by atoms with Crippen LogP contribution in [0.4, 0.5) is 0 Å². The van der Waals surface area contributed by atoms with Gasteiger partial charge in [-0.25, -0.2) is 0 Å². The molecular formula is C18H25N3. The van der Waals surface area contributed by atoms with Crippen LogP contribution in [0.1, 0.15) is 18.5 Å². The molecule has 112 valence electrons. The minimum absolute atomic E-state index is 0.0873. The topological polar surface area (TPSA) is 32.5 Å². The van der Waals surface area contributed by atoms with Gasteiger partial charge in [-0.15, -0.1) is 0 Å². The molecule has 1 saturated heterocycles. The molecule has 1 unspecified atom stereocenters. The van der Waals surface area contributed by atoms with Gasteiger partial charge < -0.3 is 10.6 Å². The largest absolute Gasteiger partial charge is 0.323 e. The lowest BCUT2D eigenvalue weighted by molar-refractivity contribution is 0.132. The highest BCUT2D eigenvalue weighted by Gasteiger charge is 2.19. The summed E-state index contributed by atoms with van der Waals surface area (Å²) < 4.78 is 0. The van der Waals surface area contributed by atoms with E-state index >= 15 is 0 Å². The molecule has 1 atom stereocenters. The summed E-state index contributed by atoms with van der Waals surface area (Å²) in [6.45, 7) is 8.93. The Morgan fingerprint density at radius 2 is 1.62 bits per heavy atom. The molecule has 3 rings (SSSR count). The molecule has 0 aliphatic carbocycles. The van der Waals surface area contributed by atoms with Crippen molar-refractivity contribution < 1.29 is 0 Å². The summed E-state index contributed by atoms with van der Waals surface area (Å²) in [4.78, 5) is 5.00. The normalized spacial score (nSPS) is 19.0. The molecule has 0 saturated carbocycles. The van der Waals surface area contributed by atoms with E-state index in [0.29, 0.717) is 0 Å². The van der Waals surface area contributed by atoms with Crippen molar-refractivity contribution in [3.8, 4) is 0 Å². The number of rotatable bonds is 4. The molecule has 1 aliphatic heterocycles. The van der Waals surface area contributed by atoms with Crippen molar-refractivity contribution in [2.45, 2.75) is 13.0 Å². The van der Waals surface area contributed by atoms with Gasteiger partial charge in [0.15, 0.2) is 0 Å². The first-order valence-electron chi connectivity index (χ1n) is 7.96. The molecule has 0 amide bonds. The van der Waals surface area contributed by atoms with Crippen LogP contribution in [-0.2, 0) is 0 Å². The number of nitrogens with two attached hydrogens (primary N) is 1. The van der Waals surface area contributed by atoms with E-state index in [1.807, 2.05) is 0 Å². The van der Waals surface area contributed by atoms with Crippen LogP contribution in [0.2, 0.25) is 0 Å². The number of nitrogens with zero attached hydrogens (tertiary/aromatic N) is 2. The highest BCUT2D eigenvalue weighted by atomic mass is 15.3. The summed E-state index contributed by atoms with van der Waals surface area (Å²) >= 11 is 0. The summed E-state index contributed by atoms with van der Waals surface area (Å²) in [5.74, 6) is 0. The van der Waals surface area contributed by atoms with Crippen molar-refractivity contribution in [2.75, 3.05) is 39.3 Å². The standard InChI is InChI=1S/C18H25N3/c1-2-20-10-12-21(13-11-20)14-18(19)17-9-5-7-15-6-3-4-8-16(15)17/h3-9,18H,2,10-14,19H2,1H3. The number of piperazine rings is 1. The second-order valence-electron chi connectivity index (χ2n) is 5.91. The maximum absolute atomic E-state index is 6.50. The number of likely N-dealkylation sites (N-methyl/N-ethyl adjacent to an activating group) is 1. The molecule has 3 nitrogen and oxygen atoms in total. The van der Waals surface area contributed by atoms with E-state index in [-0.39, 0.29) is 6.04 Å². The summed E-state index contributed by atoms with van der Waals surface area (Å²) in [5.41, 5.74) is 7.77. The maximum Gasteiger partial charge on any atom is 0.0430 e. The highest BCUT2D eigenvalue weighted by molar-refractivity contribution is 5.86. The van der Waals surface area contributed by atoms with Crippen molar-refractivity contribution in [2.24, 2.45) is 5.73 Å². The molecule has 0 spiro atoms. The second kappa shape index (κ2) is 6.56. The van der Waals surface area contributed by atoms with Crippen molar-refractivity contribution >= 4 is 10.8 Å². The fourth-order valence-electron chi connectivity index (χ4n) is 3.24. The summed E-state index contributed by atoms with van der Waals surface area (Å²) in [6, 6.07) is 15.1. The zero-order valence-electron chi connectivity index (χ0n) is 12.8. The van der Waals surface area contributed by atoms with Gasteiger partial charge in [0.25, 0.3) is 0 Å². The smallest absolute Gasteiger partial charge is 0.0430 e. The van der Waals surface area contributed by atoms with Crippen LogP contribution in [0, 0.1) is 0 Å². The third kappa shape index (κ3) is 3.26. The Bertz CT molecular complexity index is 583. The molecule has 0 radical (unpaired) electrons. The molecule has 21 heavy (non-hydrogen) atoms. The average molecular weight is 283 g/mol. The van der Waals surface area contributed by atoms with Crippen molar-refractivity contribution in [1.29, 1.82) is 0 Å². The first-order chi connectivity index (χ1) is 10.3. The van der Waals surface area contributed by atoms with E-state index in [2.05, 4.69) is 59.2 Å². The van der Waals surface area contributed by atoms with Gasteiger partial charge in [0.2, 0.25) is 0 Å². The predicted molar refractivity (Wildman–Crippen MR) is 89.4 cm³/mol. The van der Waals surface area contributed by atoms with Crippen molar-refractivity contribution in [1.82, 2.24) is 9.80 Å². The Labute approximate surface area is 127 Å². The second-order valence-corrected chi connectivity index (χ2v) is 5.91. The van der Waals surface area contributed by atoms with Gasteiger partial charge in [0, 0.05) is 38.8 Å². The lowest BCUT2D eigenvalue weighted by Crippen LogP contribution is -2.48. The Kier molecular flexibility index (Phi) is 4.54. The van der Waals surface area contributed by atoms with Crippen molar-refractivity contribution in [3.63, 3.8) is 0 Å². The number of hydrogen-bond donors (Lipinski definition) is 1. The van der Waals surface area contributed by atoms with Gasteiger partial charge in [-0.05, 0) is 22.9 Å². The Morgan fingerprint density at radius 1 is 0.952 bits per heavy atom. The Hall–Kier alpha value is -1.42. The number of benzene rings is 2. The zero-order valence-corrected chi connectivity index (χ0v) is 12.8. The predicted octanol–water partition coefficient (Wildman–Crippen LogP) is 2.48. The van der Waals surface area contributed by atoms with E-state index in [1.165, 1.54) is 29.4 Å². The molecule has 0 bridgehead atoms. The molecule has 1 aliphatic rings. The monoisotopic (exact) mass is 283 g/mol. The van der Waals surface area contributed by atoms with Gasteiger partial charge in [-0.1, -0.05) is 49.4 Å². The first kappa shape index (κ1) is 14.5. The quantitative estimate of drug-likeness (QED) is 0.935. The van der Waals surface area contributed by atoms with Crippen LogP contribution in [0.15, 0.2) is 42.5 Å². The third-order valence-corrected chi connectivity index (χ3v) is 4.59. The maximum atomic E-state index is 6.50. The van der Waals surface area contributed by atoms with Gasteiger partial charge >= 0.3 is 0 Å². The minimum Gasteiger partial charge on any atom is -0.323 e. The van der Waals surface area contributed by atoms with Crippen LogP contribution in [0.5, 0.6) is 0 Å². The van der Waals surface area contributed by atoms with Gasteiger partial charge in [0.05, 0.1) is 0 Å². The molecule has 2 N–H and O–H groups in total. The van der Waals surface area contributed by atoms with Crippen LogP contribution in [0.25, 0.3) is 10.8 Å².